The van der Waals surface area contributed by atoms with Gasteiger partial charge >= 0.3 is 6.40 Å². The number of unbranched alkanes of at least 4 members (excludes halogenated alkanes) is 15. The zero-order valence-corrected chi connectivity index (χ0v) is 38.6. The molecular formula is C48H60BClN6S3. The van der Waals surface area contributed by atoms with Crippen LogP contribution < -0.4 is 11.0 Å². The van der Waals surface area contributed by atoms with Gasteiger partial charge in [0.25, 0.3) is 0 Å². The predicted molar refractivity (Wildman–Crippen MR) is 260 cm³/mol. The van der Waals surface area contributed by atoms with E-state index < -0.39 is 6.40 Å². The molecule has 2 aromatic heterocycles. The Balaban J connectivity index is 1.18. The molecule has 5 aromatic rings. The van der Waals surface area contributed by atoms with Crippen LogP contribution >= 0.6 is 46.7 Å². The maximum absolute atomic E-state index is 7.70. The molecule has 0 amide bonds. The highest BCUT2D eigenvalue weighted by Crippen LogP contribution is 2.43. The Morgan fingerprint density at radius 2 is 0.915 bits per heavy atom. The molecule has 0 N–H and O–H groups in total. The van der Waals surface area contributed by atoms with Crippen molar-refractivity contribution in [2.75, 3.05) is 17.3 Å². The average Bonchev–Trinajstić information content (AvgIpc) is 3.87. The van der Waals surface area contributed by atoms with Crippen molar-refractivity contribution in [1.29, 1.82) is 0 Å². The minimum Gasteiger partial charge on any atom is -0.319 e. The Bertz CT molecular complexity index is 2450. The summed E-state index contributed by atoms with van der Waals surface area (Å²) in [6.45, 7) is 6.84. The maximum atomic E-state index is 7.70. The largest absolute Gasteiger partial charge is 0.499 e. The van der Waals surface area contributed by atoms with E-state index in [1.807, 2.05) is 35.3 Å². The molecule has 4 bridgehead atoms. The summed E-state index contributed by atoms with van der Waals surface area (Å²) in [7, 11) is 0. The number of aromatic nitrogens is 2. The Labute approximate surface area is 369 Å². The number of rotatable bonds is 24. The second-order valence-electron chi connectivity index (χ2n) is 16.4. The molecule has 11 heteroatoms. The van der Waals surface area contributed by atoms with Gasteiger partial charge in [0.05, 0.1) is 0 Å². The third-order valence-electron chi connectivity index (χ3n) is 11.9. The molecule has 8 rings (SSSR count). The van der Waals surface area contributed by atoms with Crippen molar-refractivity contribution in [3.05, 3.63) is 76.7 Å². The summed E-state index contributed by atoms with van der Waals surface area (Å²) in [6, 6.07) is 20.3. The number of nitrogens with zero attached hydrogens (tertiary/aromatic N) is 6. The highest BCUT2D eigenvalue weighted by molar-refractivity contribution is 7.99. The van der Waals surface area contributed by atoms with E-state index in [0.717, 1.165) is 72.5 Å². The van der Waals surface area contributed by atoms with Crippen molar-refractivity contribution >= 4 is 98.0 Å². The number of amidine groups is 2. The molecule has 0 saturated heterocycles. The number of thioether (sulfide) groups is 3. The molecule has 310 valence electrons. The van der Waals surface area contributed by atoms with Gasteiger partial charge in [-0.05, 0) is 91.1 Å². The van der Waals surface area contributed by atoms with Crippen LogP contribution in [-0.4, -0.2) is 44.3 Å². The number of fused-ring (bicyclic) bond motifs is 10. The van der Waals surface area contributed by atoms with Gasteiger partial charge in [0.15, 0.2) is 11.7 Å². The molecule has 0 radical (unpaired) electrons. The van der Waals surface area contributed by atoms with Crippen LogP contribution in [0.5, 0.6) is 0 Å². The van der Waals surface area contributed by atoms with Gasteiger partial charge in [0, 0.05) is 47.4 Å². The normalized spacial score (nSPS) is 13.8. The summed E-state index contributed by atoms with van der Waals surface area (Å²) < 4.78 is 4.24. The maximum Gasteiger partial charge on any atom is 0.499 e. The lowest BCUT2D eigenvalue weighted by atomic mass is 10.1. The number of halogens is 1. The zero-order chi connectivity index (χ0) is 40.6. The topological polar surface area (TPSA) is 59.3 Å². The van der Waals surface area contributed by atoms with Gasteiger partial charge in [-0.3, -0.25) is 0 Å². The van der Waals surface area contributed by atoms with Crippen LogP contribution in [0.3, 0.4) is 0 Å². The molecule has 0 unspecified atom stereocenters. The van der Waals surface area contributed by atoms with Gasteiger partial charge < -0.3 is 8.96 Å². The molecule has 0 saturated carbocycles. The minimum absolute atomic E-state index is 0.599. The number of benzene rings is 3. The third-order valence-corrected chi connectivity index (χ3v) is 15.5. The zero-order valence-electron chi connectivity index (χ0n) is 35.4. The molecule has 6 nitrogen and oxygen atoms in total. The van der Waals surface area contributed by atoms with E-state index in [4.69, 9.17) is 31.4 Å². The van der Waals surface area contributed by atoms with Crippen LogP contribution in [0, 0.1) is 0 Å². The van der Waals surface area contributed by atoms with Crippen LogP contribution in [0.25, 0.3) is 21.5 Å². The van der Waals surface area contributed by atoms with Crippen molar-refractivity contribution < 1.29 is 0 Å². The molecule has 59 heavy (non-hydrogen) atoms. The summed E-state index contributed by atoms with van der Waals surface area (Å²) >= 11 is 13.5. The third kappa shape index (κ3) is 9.61. The molecule has 0 fully saturated rings. The van der Waals surface area contributed by atoms with E-state index in [1.54, 1.807) is 0 Å². The first-order valence-corrected chi connectivity index (χ1v) is 26.1. The van der Waals surface area contributed by atoms with Crippen molar-refractivity contribution in [1.82, 2.24) is 8.96 Å². The van der Waals surface area contributed by atoms with Crippen LogP contribution in [-0.2, 0) is 0 Å². The number of aliphatic imine (C=N–C) groups is 2. The molecule has 3 aromatic carbocycles. The number of hydrogen-bond acceptors (Lipinski definition) is 7. The summed E-state index contributed by atoms with van der Waals surface area (Å²) in [4.78, 5) is 25.3. The van der Waals surface area contributed by atoms with Crippen LogP contribution in [0.4, 0.5) is 11.6 Å². The smallest absolute Gasteiger partial charge is 0.319 e. The molecule has 3 aliphatic heterocycles. The first kappa shape index (κ1) is 42.8. The summed E-state index contributed by atoms with van der Waals surface area (Å²) in [6.07, 6.45) is 22.9. The molecule has 5 heterocycles. The summed E-state index contributed by atoms with van der Waals surface area (Å²) in [5.41, 5.74) is 3.70. The van der Waals surface area contributed by atoms with E-state index in [2.05, 4.69) is 84.3 Å². The highest BCUT2D eigenvalue weighted by atomic mass is 35.5. The molecule has 0 aliphatic carbocycles. The lowest BCUT2D eigenvalue weighted by molar-refractivity contribution is 0.627. The van der Waals surface area contributed by atoms with Gasteiger partial charge in [0.1, 0.15) is 22.6 Å². The van der Waals surface area contributed by atoms with Crippen molar-refractivity contribution in [3.8, 4) is 0 Å². The molecular weight excluding hydrogens is 803 g/mol. The summed E-state index contributed by atoms with van der Waals surface area (Å²) in [5, 5.41) is 4.26. The Morgan fingerprint density at radius 3 is 1.53 bits per heavy atom. The van der Waals surface area contributed by atoms with Crippen molar-refractivity contribution in [2.45, 2.75) is 151 Å². The van der Waals surface area contributed by atoms with Crippen molar-refractivity contribution in [2.24, 2.45) is 20.0 Å². The Kier molecular flexibility index (Phi) is 15.1. The number of hydrogen-bond donors (Lipinski definition) is 0. The van der Waals surface area contributed by atoms with Gasteiger partial charge in [-0.25, -0.2) is 20.0 Å². The fraction of sp³-hybridized carbons (Fsp3) is 0.500. The van der Waals surface area contributed by atoms with Gasteiger partial charge in [-0.1, -0.05) is 117 Å². The second-order valence-corrected chi connectivity index (χ2v) is 20.3. The lowest BCUT2D eigenvalue weighted by Gasteiger charge is -2.18. The molecule has 3 aliphatic rings. The first-order valence-electron chi connectivity index (χ1n) is 22.7. The quantitative estimate of drug-likeness (QED) is 0.0353. The fourth-order valence-electron chi connectivity index (χ4n) is 8.58. The Hall–Kier alpha value is -2.92. The monoisotopic (exact) mass is 862 g/mol. The van der Waals surface area contributed by atoms with E-state index in [1.165, 1.54) is 130 Å². The standard InChI is InChI=1S/C48H60BClN6S3/c1-4-7-10-13-16-19-28-57-34-22-25-37-40(31-34)44-51-43(37)52-45-38-26-23-35(58-29-20-17-14-11-8-5-2)32-41(38)47-54-48-42-33-36(59-30-21-18-15-12-9-6-3)24-27-39(42)46(53-44)56(48)49(50)55(45)47/h22-27,31-33H,4-21,28-30H2,1-3H3. The Morgan fingerprint density at radius 1 is 0.441 bits per heavy atom. The molecule has 0 atom stereocenters. The van der Waals surface area contributed by atoms with Gasteiger partial charge in [-0.2, -0.15) is 0 Å². The fourth-order valence-corrected chi connectivity index (χ4v) is 11.8. The molecule has 0 spiro atoms. The van der Waals surface area contributed by atoms with Gasteiger partial charge in [-0.15, -0.1) is 46.7 Å². The average molecular weight is 864 g/mol. The SMILES string of the molecule is CCCCCCCCSc1ccc2c(c1)C1=Nc3c4ccc(SCCCCCCCC)cc4c4n3B(Cl)n3c(c5ccc(SCCCCCCCC)cc5c3=N4)=NC2=N1. The lowest BCUT2D eigenvalue weighted by Crippen LogP contribution is -2.44. The first-order chi connectivity index (χ1) is 29.1. The van der Waals surface area contributed by atoms with Gasteiger partial charge in [0.2, 0.25) is 0 Å². The van der Waals surface area contributed by atoms with Crippen LogP contribution in [0.2, 0.25) is 0 Å². The van der Waals surface area contributed by atoms with Crippen molar-refractivity contribution in [3.63, 3.8) is 0 Å². The van der Waals surface area contributed by atoms with E-state index in [9.17, 15) is 0 Å². The van der Waals surface area contributed by atoms with Crippen LogP contribution in [0.1, 0.15) is 147 Å². The predicted octanol–water partition coefficient (Wildman–Crippen LogP) is 14.3. The second kappa shape index (κ2) is 20.8. The van der Waals surface area contributed by atoms with E-state index >= 15 is 0 Å². The summed E-state index contributed by atoms with van der Waals surface area (Å²) in [5.74, 6) is 6.37. The van der Waals surface area contributed by atoms with E-state index in [0.29, 0.717) is 11.7 Å². The van der Waals surface area contributed by atoms with E-state index in [-0.39, 0.29) is 0 Å². The minimum atomic E-state index is -0.599. The highest BCUT2D eigenvalue weighted by Gasteiger charge is 2.36. The van der Waals surface area contributed by atoms with Crippen LogP contribution in [0.15, 0.2) is 89.3 Å².